The van der Waals surface area contributed by atoms with Gasteiger partial charge in [-0.1, -0.05) is 0 Å². The zero-order valence-corrected chi connectivity index (χ0v) is 9.66. The van der Waals surface area contributed by atoms with Crippen molar-refractivity contribution in [3.8, 4) is 0 Å². The van der Waals surface area contributed by atoms with Crippen LogP contribution >= 0.6 is 11.8 Å². The van der Waals surface area contributed by atoms with Gasteiger partial charge in [0.2, 0.25) is 0 Å². The molecule has 2 heterocycles. The van der Waals surface area contributed by atoms with Crippen LogP contribution in [0.4, 0.5) is 4.79 Å². The first-order valence-corrected chi connectivity index (χ1v) is 6.11. The Hall–Kier alpha value is -0.850. The summed E-state index contributed by atoms with van der Waals surface area (Å²) >= 11 is 0.972. The van der Waals surface area contributed by atoms with Gasteiger partial charge in [0.05, 0.1) is 11.0 Å². The quantitative estimate of drug-likeness (QED) is 0.738. The third-order valence-corrected chi connectivity index (χ3v) is 3.45. The second-order valence-corrected chi connectivity index (χ2v) is 4.69. The fourth-order valence-corrected chi connectivity index (χ4v) is 2.63. The molecule has 0 aromatic heterocycles. The van der Waals surface area contributed by atoms with Crippen molar-refractivity contribution in [2.75, 3.05) is 19.7 Å². The van der Waals surface area contributed by atoms with E-state index < -0.39 is 0 Å². The van der Waals surface area contributed by atoms with E-state index in [4.69, 9.17) is 10.5 Å². The number of imide groups is 1. The maximum atomic E-state index is 11.8. The van der Waals surface area contributed by atoms with Gasteiger partial charge >= 0.3 is 0 Å². The van der Waals surface area contributed by atoms with Crippen molar-refractivity contribution in [3.63, 3.8) is 0 Å². The molecule has 5 nitrogen and oxygen atoms in total. The normalized spacial score (nSPS) is 28.4. The van der Waals surface area contributed by atoms with E-state index in [1.54, 1.807) is 6.08 Å². The van der Waals surface area contributed by atoms with Crippen LogP contribution in [0.3, 0.4) is 0 Å². The van der Waals surface area contributed by atoms with Crippen LogP contribution < -0.4 is 5.73 Å². The average molecular weight is 242 g/mol. The Labute approximate surface area is 98.0 Å². The van der Waals surface area contributed by atoms with Crippen molar-refractivity contribution in [1.29, 1.82) is 0 Å². The summed E-state index contributed by atoms with van der Waals surface area (Å²) in [6.07, 6.45) is 3.67. The molecule has 88 valence electrons. The van der Waals surface area contributed by atoms with Crippen molar-refractivity contribution in [2.24, 2.45) is 5.73 Å². The lowest BCUT2D eigenvalue weighted by atomic mass is 10.2. The molecule has 0 bridgehead atoms. The molecule has 16 heavy (non-hydrogen) atoms. The maximum absolute atomic E-state index is 11.8. The van der Waals surface area contributed by atoms with Crippen molar-refractivity contribution in [2.45, 2.75) is 18.9 Å². The Morgan fingerprint density at radius 2 is 2.38 bits per heavy atom. The Balaban J connectivity index is 2.07. The molecule has 2 amide bonds. The fraction of sp³-hybridized carbons (Fsp3) is 0.600. The molecule has 0 aromatic rings. The first-order valence-electron chi connectivity index (χ1n) is 5.29. The minimum atomic E-state index is -0.240. The molecule has 0 aromatic carbocycles. The summed E-state index contributed by atoms with van der Waals surface area (Å²) in [5.74, 6) is -0.240. The van der Waals surface area contributed by atoms with E-state index in [0.29, 0.717) is 11.4 Å². The van der Waals surface area contributed by atoms with Crippen LogP contribution in [0.5, 0.6) is 0 Å². The highest BCUT2D eigenvalue weighted by molar-refractivity contribution is 8.18. The van der Waals surface area contributed by atoms with Gasteiger partial charge < -0.3 is 10.5 Å². The van der Waals surface area contributed by atoms with Crippen LogP contribution in [0.1, 0.15) is 12.8 Å². The number of amides is 2. The zero-order valence-electron chi connectivity index (χ0n) is 8.85. The van der Waals surface area contributed by atoms with Crippen molar-refractivity contribution >= 4 is 22.9 Å². The molecule has 2 aliphatic heterocycles. The average Bonchev–Trinajstić information content (AvgIpc) is 2.84. The van der Waals surface area contributed by atoms with Gasteiger partial charge in [0.1, 0.15) is 0 Å². The molecule has 2 N–H and O–H groups in total. The number of hydrogen-bond acceptors (Lipinski definition) is 5. The van der Waals surface area contributed by atoms with E-state index in [0.717, 1.165) is 31.2 Å². The lowest BCUT2D eigenvalue weighted by Gasteiger charge is -2.09. The van der Waals surface area contributed by atoms with Crippen LogP contribution in [0.25, 0.3) is 0 Å². The highest BCUT2D eigenvalue weighted by atomic mass is 32.2. The van der Waals surface area contributed by atoms with E-state index in [2.05, 4.69) is 0 Å². The summed E-state index contributed by atoms with van der Waals surface area (Å²) in [6.45, 7) is 1.31. The molecule has 2 rings (SSSR count). The summed E-state index contributed by atoms with van der Waals surface area (Å²) in [5, 5.41) is -0.236. The number of thioether (sulfide) groups is 1. The number of rotatable bonds is 3. The molecule has 6 heteroatoms. The van der Waals surface area contributed by atoms with E-state index in [1.165, 1.54) is 4.90 Å². The van der Waals surface area contributed by atoms with Crippen molar-refractivity contribution in [3.05, 3.63) is 11.0 Å². The number of carbonyl (C=O) groups excluding carboxylic acids is 2. The minimum absolute atomic E-state index is 0.0166. The predicted molar refractivity (Wildman–Crippen MR) is 60.8 cm³/mol. The highest BCUT2D eigenvalue weighted by Crippen LogP contribution is 2.31. The smallest absolute Gasteiger partial charge is 0.293 e. The summed E-state index contributed by atoms with van der Waals surface area (Å²) in [4.78, 5) is 25.0. The van der Waals surface area contributed by atoms with E-state index in [1.807, 2.05) is 0 Å². The van der Waals surface area contributed by atoms with E-state index in [-0.39, 0.29) is 23.8 Å². The van der Waals surface area contributed by atoms with Crippen LogP contribution in [-0.4, -0.2) is 41.8 Å². The molecule has 0 radical (unpaired) electrons. The molecule has 2 fully saturated rings. The largest absolute Gasteiger partial charge is 0.374 e. The minimum Gasteiger partial charge on any atom is -0.374 e. The van der Waals surface area contributed by atoms with Gasteiger partial charge in [-0.15, -0.1) is 0 Å². The molecule has 0 spiro atoms. The van der Waals surface area contributed by atoms with Gasteiger partial charge in [-0.25, -0.2) is 0 Å². The van der Waals surface area contributed by atoms with Gasteiger partial charge in [-0.05, 0) is 30.7 Å². The van der Waals surface area contributed by atoms with E-state index >= 15 is 0 Å². The molecule has 2 aliphatic rings. The standard InChI is InChI=1S/C10H14N2O3S/c11-3-4-12-9(13)8(16-10(12)14)6-7-2-1-5-15-7/h6-7H,1-5,11H2/b8-6+. The number of ether oxygens (including phenoxy) is 1. The van der Waals surface area contributed by atoms with Crippen LogP contribution in [0, 0.1) is 0 Å². The second kappa shape index (κ2) is 4.99. The lowest BCUT2D eigenvalue weighted by molar-refractivity contribution is -0.122. The Morgan fingerprint density at radius 3 is 3.00 bits per heavy atom. The third kappa shape index (κ3) is 2.28. The zero-order chi connectivity index (χ0) is 11.5. The Kier molecular flexibility index (Phi) is 3.63. The first kappa shape index (κ1) is 11.6. The number of nitrogens with two attached hydrogens (primary N) is 1. The molecular formula is C10H14N2O3S. The van der Waals surface area contributed by atoms with Crippen LogP contribution in [-0.2, 0) is 9.53 Å². The van der Waals surface area contributed by atoms with Crippen LogP contribution in [0.15, 0.2) is 11.0 Å². The van der Waals surface area contributed by atoms with Gasteiger partial charge in [-0.3, -0.25) is 14.5 Å². The first-order chi connectivity index (χ1) is 7.72. The van der Waals surface area contributed by atoms with Gasteiger partial charge in [-0.2, -0.15) is 0 Å². The summed E-state index contributed by atoms with van der Waals surface area (Å²) in [6, 6.07) is 0. The van der Waals surface area contributed by atoms with Crippen LogP contribution in [0.2, 0.25) is 0 Å². The SMILES string of the molecule is NCCN1C(=O)S/C(=C/C2CCCO2)C1=O. The summed E-state index contributed by atoms with van der Waals surface area (Å²) in [5.41, 5.74) is 5.34. The molecule has 1 atom stereocenters. The number of hydrogen-bond donors (Lipinski definition) is 1. The van der Waals surface area contributed by atoms with Gasteiger partial charge in [0.15, 0.2) is 0 Å². The molecule has 2 saturated heterocycles. The Bertz CT molecular complexity index is 337. The second-order valence-electron chi connectivity index (χ2n) is 3.70. The fourth-order valence-electron chi connectivity index (χ4n) is 1.74. The number of carbonyl (C=O) groups is 2. The Morgan fingerprint density at radius 1 is 1.56 bits per heavy atom. The summed E-state index contributed by atoms with van der Waals surface area (Å²) < 4.78 is 5.40. The third-order valence-electron chi connectivity index (χ3n) is 2.53. The lowest BCUT2D eigenvalue weighted by Crippen LogP contribution is -2.33. The number of nitrogens with zero attached hydrogens (tertiary/aromatic N) is 1. The predicted octanol–water partition coefficient (Wildman–Crippen LogP) is 0.703. The molecular weight excluding hydrogens is 228 g/mol. The van der Waals surface area contributed by atoms with E-state index in [9.17, 15) is 9.59 Å². The van der Waals surface area contributed by atoms with Gasteiger partial charge in [0.25, 0.3) is 11.1 Å². The van der Waals surface area contributed by atoms with Gasteiger partial charge in [0, 0.05) is 19.7 Å². The molecule has 1 unspecified atom stereocenters. The maximum Gasteiger partial charge on any atom is 0.293 e. The topological polar surface area (TPSA) is 72.6 Å². The highest BCUT2D eigenvalue weighted by Gasteiger charge is 2.35. The molecule has 0 saturated carbocycles. The molecule has 0 aliphatic carbocycles. The van der Waals surface area contributed by atoms with Crippen molar-refractivity contribution < 1.29 is 14.3 Å². The van der Waals surface area contributed by atoms with Crippen molar-refractivity contribution in [1.82, 2.24) is 4.90 Å². The monoisotopic (exact) mass is 242 g/mol. The summed E-state index contributed by atoms with van der Waals surface area (Å²) in [7, 11) is 0.